The summed E-state index contributed by atoms with van der Waals surface area (Å²) < 4.78 is 4.64. The van der Waals surface area contributed by atoms with E-state index in [-0.39, 0.29) is 23.2 Å². The van der Waals surface area contributed by atoms with Crippen molar-refractivity contribution in [1.29, 1.82) is 0 Å². The number of hydrogen-bond donors (Lipinski definition) is 0. The molecule has 1 aliphatic heterocycles. The van der Waals surface area contributed by atoms with Crippen LogP contribution < -0.4 is 0 Å². The van der Waals surface area contributed by atoms with E-state index in [0.29, 0.717) is 19.3 Å². The maximum Gasteiger partial charge on any atom is 0.305 e. The van der Waals surface area contributed by atoms with Gasteiger partial charge in [0.1, 0.15) is 5.78 Å². The monoisotopic (exact) mass is 405 g/mol. The van der Waals surface area contributed by atoms with Crippen LogP contribution in [0.2, 0.25) is 0 Å². The fourth-order valence-corrected chi connectivity index (χ4v) is 4.04. The predicted octanol–water partition coefficient (Wildman–Crippen LogP) is 4.47. The second-order valence-corrected chi connectivity index (χ2v) is 8.10. The number of benzene rings is 1. The first kappa shape index (κ1) is 22.6. The molecule has 1 saturated heterocycles. The molecule has 0 saturated carbocycles. The van der Waals surface area contributed by atoms with Gasteiger partial charge in [0.2, 0.25) is 0 Å². The lowest BCUT2D eigenvalue weighted by Crippen LogP contribution is -2.34. The Morgan fingerprint density at radius 1 is 1.29 bits per heavy atom. The third-order valence-corrected chi connectivity index (χ3v) is 5.77. The summed E-state index contributed by atoms with van der Waals surface area (Å²) in [5.74, 6) is 0.118. The average Bonchev–Trinajstić information content (AvgIpc) is 3.02. The normalized spacial score (nSPS) is 20.0. The number of Topliss-reactive ketones (excluding diaryl/α,β-unsaturated/α-hetero) is 1. The number of ketones is 1. The van der Waals surface area contributed by atoms with E-state index in [4.69, 9.17) is 11.6 Å². The highest BCUT2D eigenvalue weighted by Gasteiger charge is 2.31. The third kappa shape index (κ3) is 7.76. The Labute approximate surface area is 173 Å². The maximum atomic E-state index is 12.4. The lowest BCUT2D eigenvalue weighted by Gasteiger charge is -2.24. The molecule has 0 bridgehead atoms. The number of halogens is 1. The smallest absolute Gasteiger partial charge is 0.305 e. The van der Waals surface area contributed by atoms with E-state index < -0.39 is 0 Å². The molecule has 0 aromatic heterocycles. The number of esters is 1. The molecule has 1 heterocycles. The average molecular weight is 406 g/mol. The van der Waals surface area contributed by atoms with Crippen molar-refractivity contribution in [3.05, 3.63) is 47.5 Å². The van der Waals surface area contributed by atoms with Crippen LogP contribution in [0.4, 0.5) is 0 Å². The van der Waals surface area contributed by atoms with Gasteiger partial charge >= 0.3 is 5.97 Å². The summed E-state index contributed by atoms with van der Waals surface area (Å²) in [6.45, 7) is 3.77. The zero-order chi connectivity index (χ0) is 20.4. The number of aryl methyl sites for hydroxylation is 1. The fourth-order valence-electron chi connectivity index (χ4n) is 3.68. The highest BCUT2D eigenvalue weighted by atomic mass is 35.5. The van der Waals surface area contributed by atoms with Gasteiger partial charge in [-0.15, -0.1) is 11.6 Å². The highest BCUT2D eigenvalue weighted by Crippen LogP contribution is 2.26. The number of unbranched alkanes of at least 4 members (excludes halogenated alkanes) is 1. The predicted molar refractivity (Wildman–Crippen MR) is 114 cm³/mol. The standard InChI is InChI=1S/C23H32ClNO3/c1-18-8-7-9-19(16-18)17-20(26)12-14-25-15-13-21(24)22(25)10-5-3-4-6-11-23(27)28-2/h3,5,7-9,16,21-22H,4,6,10-15,17H2,1-2H3/t21-,22+/m1/s1. The first-order chi connectivity index (χ1) is 13.5. The molecule has 4 nitrogen and oxygen atoms in total. The van der Waals surface area contributed by atoms with Crippen LogP contribution in [0.25, 0.3) is 0 Å². The Bertz CT molecular complexity index is 674. The van der Waals surface area contributed by atoms with Crippen LogP contribution in [-0.2, 0) is 20.7 Å². The van der Waals surface area contributed by atoms with E-state index in [2.05, 4.69) is 27.9 Å². The minimum absolute atomic E-state index is 0.131. The molecule has 1 aromatic rings. The van der Waals surface area contributed by atoms with E-state index in [1.54, 1.807) is 0 Å². The molecule has 28 heavy (non-hydrogen) atoms. The van der Waals surface area contributed by atoms with Crippen molar-refractivity contribution in [3.8, 4) is 0 Å². The number of alkyl halides is 1. The summed E-state index contributed by atoms with van der Waals surface area (Å²) in [6, 6.07) is 8.43. The van der Waals surface area contributed by atoms with Crippen molar-refractivity contribution in [2.75, 3.05) is 20.2 Å². The Kier molecular flexibility index (Phi) is 9.72. The van der Waals surface area contributed by atoms with Crippen LogP contribution in [0.15, 0.2) is 36.4 Å². The molecule has 2 atom stereocenters. The zero-order valence-corrected chi connectivity index (χ0v) is 17.8. The summed E-state index contributed by atoms with van der Waals surface area (Å²) in [6.07, 6.45) is 9.32. The second kappa shape index (κ2) is 12.0. The van der Waals surface area contributed by atoms with Gasteiger partial charge in [-0.3, -0.25) is 14.5 Å². The number of nitrogens with zero attached hydrogens (tertiary/aromatic N) is 1. The van der Waals surface area contributed by atoms with Gasteiger partial charge in [0.15, 0.2) is 0 Å². The maximum absolute atomic E-state index is 12.4. The minimum Gasteiger partial charge on any atom is -0.469 e. The first-order valence-electron chi connectivity index (χ1n) is 10.2. The van der Waals surface area contributed by atoms with E-state index >= 15 is 0 Å². The van der Waals surface area contributed by atoms with Gasteiger partial charge in [0.25, 0.3) is 0 Å². The Morgan fingerprint density at radius 2 is 2.11 bits per heavy atom. The third-order valence-electron chi connectivity index (χ3n) is 5.26. The largest absolute Gasteiger partial charge is 0.469 e. The highest BCUT2D eigenvalue weighted by molar-refractivity contribution is 6.21. The number of allylic oxidation sites excluding steroid dienone is 1. The van der Waals surface area contributed by atoms with Crippen LogP contribution in [0, 0.1) is 6.92 Å². The molecule has 0 aliphatic carbocycles. The van der Waals surface area contributed by atoms with Crippen molar-refractivity contribution in [2.24, 2.45) is 0 Å². The Balaban J connectivity index is 1.72. The molecular formula is C23H32ClNO3. The van der Waals surface area contributed by atoms with Crippen LogP contribution in [0.1, 0.15) is 49.7 Å². The number of rotatable bonds is 11. The van der Waals surface area contributed by atoms with E-state index in [0.717, 1.165) is 44.3 Å². The van der Waals surface area contributed by atoms with Gasteiger partial charge in [-0.2, -0.15) is 0 Å². The summed E-state index contributed by atoms with van der Waals surface area (Å²) in [5.41, 5.74) is 2.28. The van der Waals surface area contributed by atoms with Gasteiger partial charge in [-0.05, 0) is 44.7 Å². The molecule has 0 spiro atoms. The SMILES string of the molecule is COC(=O)CCCC=CC[C@H]1[C@H](Cl)CCN1CCC(=O)Cc1cccc(C)c1. The summed E-state index contributed by atoms with van der Waals surface area (Å²) >= 11 is 6.51. The van der Waals surface area contributed by atoms with Crippen molar-refractivity contribution >= 4 is 23.4 Å². The second-order valence-electron chi connectivity index (χ2n) is 7.54. The quantitative estimate of drug-likeness (QED) is 0.236. The lowest BCUT2D eigenvalue weighted by molar-refractivity contribution is -0.140. The van der Waals surface area contributed by atoms with Crippen LogP contribution in [-0.4, -0.2) is 48.3 Å². The Hall–Kier alpha value is -1.65. The van der Waals surface area contributed by atoms with Gasteiger partial charge in [-0.25, -0.2) is 0 Å². The van der Waals surface area contributed by atoms with Crippen molar-refractivity contribution in [1.82, 2.24) is 4.90 Å². The molecule has 0 unspecified atom stereocenters. The first-order valence-corrected chi connectivity index (χ1v) is 10.6. The number of ether oxygens (including phenoxy) is 1. The number of carbonyl (C=O) groups excluding carboxylic acids is 2. The van der Waals surface area contributed by atoms with Crippen molar-refractivity contribution in [2.45, 2.75) is 63.3 Å². The summed E-state index contributed by atoms with van der Waals surface area (Å²) in [4.78, 5) is 25.8. The molecule has 5 heteroatoms. The summed E-state index contributed by atoms with van der Waals surface area (Å²) in [7, 11) is 1.42. The molecular weight excluding hydrogens is 374 g/mol. The Morgan fingerprint density at radius 3 is 2.86 bits per heavy atom. The topological polar surface area (TPSA) is 46.6 Å². The van der Waals surface area contributed by atoms with Crippen molar-refractivity contribution in [3.63, 3.8) is 0 Å². The van der Waals surface area contributed by atoms with Crippen LogP contribution in [0.3, 0.4) is 0 Å². The fraction of sp³-hybridized carbons (Fsp3) is 0.565. The number of methoxy groups -OCH3 is 1. The number of likely N-dealkylation sites (tertiary alicyclic amines) is 1. The lowest BCUT2D eigenvalue weighted by atomic mass is 10.0. The van der Waals surface area contributed by atoms with Gasteiger partial charge in [0, 0.05) is 31.8 Å². The molecule has 0 amide bonds. The molecule has 1 fully saturated rings. The van der Waals surface area contributed by atoms with Crippen LogP contribution >= 0.6 is 11.6 Å². The molecule has 0 radical (unpaired) electrons. The summed E-state index contributed by atoms with van der Waals surface area (Å²) in [5, 5.41) is 0.131. The van der Waals surface area contributed by atoms with E-state index in [1.165, 1.54) is 12.7 Å². The van der Waals surface area contributed by atoms with Crippen LogP contribution in [0.5, 0.6) is 0 Å². The van der Waals surface area contributed by atoms with E-state index in [1.807, 2.05) is 25.1 Å². The van der Waals surface area contributed by atoms with E-state index in [9.17, 15) is 9.59 Å². The minimum atomic E-state index is -0.161. The van der Waals surface area contributed by atoms with Gasteiger partial charge in [-0.1, -0.05) is 42.0 Å². The van der Waals surface area contributed by atoms with Crippen molar-refractivity contribution < 1.29 is 14.3 Å². The van der Waals surface area contributed by atoms with Gasteiger partial charge < -0.3 is 4.74 Å². The zero-order valence-electron chi connectivity index (χ0n) is 17.0. The molecule has 154 valence electrons. The molecule has 1 aromatic carbocycles. The molecule has 1 aliphatic rings. The van der Waals surface area contributed by atoms with Gasteiger partial charge in [0.05, 0.1) is 12.5 Å². The number of carbonyl (C=O) groups is 2. The number of hydrogen-bond acceptors (Lipinski definition) is 4. The molecule has 2 rings (SSSR count). The molecule has 0 N–H and O–H groups in total.